The van der Waals surface area contributed by atoms with Crippen LogP contribution in [0.4, 0.5) is 0 Å². The van der Waals surface area contributed by atoms with Gasteiger partial charge in [-0.1, -0.05) is 37.6 Å². The number of aromatic amines is 1. The van der Waals surface area contributed by atoms with E-state index in [2.05, 4.69) is 9.97 Å². The summed E-state index contributed by atoms with van der Waals surface area (Å²) in [5.41, 5.74) is 0.342. The number of nitrogens with zero attached hydrogens (tertiary/aromatic N) is 1. The van der Waals surface area contributed by atoms with Gasteiger partial charge in [0.2, 0.25) is 5.88 Å². The van der Waals surface area contributed by atoms with E-state index in [1.807, 2.05) is 13.8 Å². The van der Waals surface area contributed by atoms with Gasteiger partial charge in [-0.25, -0.2) is 0 Å². The molecule has 4 nitrogen and oxygen atoms in total. The number of aromatic nitrogens is 2. The van der Waals surface area contributed by atoms with Crippen molar-refractivity contribution in [3.63, 3.8) is 0 Å². The van der Waals surface area contributed by atoms with Crippen molar-refractivity contribution in [3.8, 4) is 17.0 Å². The number of hydrogen-bond donors (Lipinski definition) is 2. The zero-order valence-electron chi connectivity index (χ0n) is 10.8. The summed E-state index contributed by atoms with van der Waals surface area (Å²) in [6.45, 7) is 3.93. The van der Waals surface area contributed by atoms with E-state index >= 15 is 0 Å². The van der Waals surface area contributed by atoms with Crippen molar-refractivity contribution in [2.45, 2.75) is 26.2 Å². The summed E-state index contributed by atoms with van der Waals surface area (Å²) in [5, 5.41) is 10.5. The van der Waals surface area contributed by atoms with Gasteiger partial charge < -0.3 is 10.1 Å². The fraction of sp³-hybridized carbons (Fsp3) is 0.286. The van der Waals surface area contributed by atoms with Gasteiger partial charge >= 0.3 is 0 Å². The van der Waals surface area contributed by atoms with Gasteiger partial charge in [0, 0.05) is 10.9 Å². The Kier molecular flexibility index (Phi) is 3.90. The normalized spacial score (nSPS) is 12.4. The third-order valence-electron chi connectivity index (χ3n) is 3.11. The molecule has 0 saturated heterocycles. The van der Waals surface area contributed by atoms with Crippen LogP contribution in [0.1, 0.15) is 32.0 Å². The maximum Gasteiger partial charge on any atom is 0.262 e. The van der Waals surface area contributed by atoms with E-state index in [9.17, 15) is 9.90 Å². The van der Waals surface area contributed by atoms with Crippen molar-refractivity contribution >= 4 is 11.6 Å². The predicted octanol–water partition coefficient (Wildman–Crippen LogP) is 3.31. The number of nitrogens with one attached hydrogen (secondary N) is 1. The molecule has 0 aliphatic heterocycles. The van der Waals surface area contributed by atoms with Crippen molar-refractivity contribution in [1.29, 1.82) is 0 Å². The molecule has 0 aliphatic rings. The third kappa shape index (κ3) is 2.79. The molecule has 19 heavy (non-hydrogen) atoms. The Labute approximate surface area is 116 Å². The minimum Gasteiger partial charge on any atom is -0.493 e. The molecule has 0 saturated carbocycles. The Morgan fingerprint density at radius 1 is 1.47 bits per heavy atom. The highest BCUT2D eigenvalue weighted by Gasteiger charge is 2.15. The molecule has 100 valence electrons. The minimum atomic E-state index is -0.356. The molecule has 0 aliphatic carbocycles. The lowest BCUT2D eigenvalue weighted by atomic mass is 10.1. The zero-order valence-corrected chi connectivity index (χ0v) is 11.5. The highest BCUT2D eigenvalue weighted by Crippen LogP contribution is 2.27. The first-order chi connectivity index (χ1) is 9.02. The van der Waals surface area contributed by atoms with Crippen LogP contribution in [0.25, 0.3) is 11.1 Å². The van der Waals surface area contributed by atoms with Crippen LogP contribution in [0.3, 0.4) is 0 Å². The van der Waals surface area contributed by atoms with Crippen LogP contribution in [0.15, 0.2) is 29.1 Å². The van der Waals surface area contributed by atoms with Crippen molar-refractivity contribution in [1.82, 2.24) is 9.97 Å². The molecule has 1 atom stereocenters. The van der Waals surface area contributed by atoms with Gasteiger partial charge in [0.1, 0.15) is 11.4 Å². The second kappa shape index (κ2) is 5.45. The smallest absolute Gasteiger partial charge is 0.262 e. The van der Waals surface area contributed by atoms with Gasteiger partial charge in [0.15, 0.2) is 0 Å². The van der Waals surface area contributed by atoms with Gasteiger partial charge in [-0.05, 0) is 24.1 Å². The van der Waals surface area contributed by atoms with Crippen LogP contribution in [-0.4, -0.2) is 15.1 Å². The molecule has 0 amide bonds. The van der Waals surface area contributed by atoms with Gasteiger partial charge in [0.25, 0.3) is 5.56 Å². The standard InChI is InChI=1S/C14H15ClN2O2/c1-3-8(2)12-16-13(18)11(14(19)17-12)9-5-4-6-10(15)7-9/h4-8H,3H2,1-2H3,(H2,16,17,18,19). The number of benzene rings is 1. The van der Waals surface area contributed by atoms with Gasteiger partial charge in [-0.2, -0.15) is 4.98 Å². The van der Waals surface area contributed by atoms with E-state index in [1.54, 1.807) is 24.3 Å². The zero-order chi connectivity index (χ0) is 14.0. The van der Waals surface area contributed by atoms with Crippen molar-refractivity contribution in [2.24, 2.45) is 0 Å². The van der Waals surface area contributed by atoms with E-state index < -0.39 is 0 Å². The van der Waals surface area contributed by atoms with Gasteiger partial charge in [-0.15, -0.1) is 0 Å². The van der Waals surface area contributed by atoms with Crippen LogP contribution in [-0.2, 0) is 0 Å². The predicted molar refractivity (Wildman–Crippen MR) is 75.7 cm³/mol. The second-order valence-corrected chi connectivity index (χ2v) is 4.91. The number of halogens is 1. The monoisotopic (exact) mass is 278 g/mol. The molecule has 2 N–H and O–H groups in total. The van der Waals surface area contributed by atoms with Crippen LogP contribution in [0.5, 0.6) is 5.88 Å². The molecule has 1 heterocycles. The quantitative estimate of drug-likeness (QED) is 0.905. The van der Waals surface area contributed by atoms with Crippen LogP contribution < -0.4 is 5.56 Å². The molecular weight excluding hydrogens is 264 g/mol. The third-order valence-corrected chi connectivity index (χ3v) is 3.35. The molecule has 0 spiro atoms. The number of rotatable bonds is 3. The second-order valence-electron chi connectivity index (χ2n) is 4.47. The fourth-order valence-electron chi connectivity index (χ4n) is 1.81. The molecule has 1 aromatic heterocycles. The minimum absolute atomic E-state index is 0.0898. The van der Waals surface area contributed by atoms with E-state index in [0.29, 0.717) is 16.4 Å². The van der Waals surface area contributed by atoms with Gasteiger partial charge in [0.05, 0.1) is 0 Å². The summed E-state index contributed by atoms with van der Waals surface area (Å²) in [5.74, 6) is 0.323. The maximum atomic E-state index is 12.1. The Morgan fingerprint density at radius 2 is 2.21 bits per heavy atom. The average molecular weight is 279 g/mol. The van der Waals surface area contributed by atoms with E-state index in [1.165, 1.54) is 0 Å². The first-order valence-corrected chi connectivity index (χ1v) is 6.49. The molecule has 5 heteroatoms. The summed E-state index contributed by atoms with van der Waals surface area (Å²) in [4.78, 5) is 18.9. The Morgan fingerprint density at radius 3 is 2.79 bits per heavy atom. The highest BCUT2D eigenvalue weighted by atomic mass is 35.5. The van der Waals surface area contributed by atoms with E-state index in [4.69, 9.17) is 11.6 Å². The van der Waals surface area contributed by atoms with Crippen molar-refractivity contribution in [3.05, 3.63) is 45.5 Å². The molecule has 1 unspecified atom stereocenters. The summed E-state index contributed by atoms with van der Waals surface area (Å²) in [7, 11) is 0. The fourth-order valence-corrected chi connectivity index (χ4v) is 2.00. The summed E-state index contributed by atoms with van der Waals surface area (Å²) in [6, 6.07) is 6.76. The first kappa shape index (κ1) is 13.6. The Bertz CT molecular complexity index is 652. The maximum absolute atomic E-state index is 12.1. The lowest BCUT2D eigenvalue weighted by molar-refractivity contribution is 0.446. The molecule has 1 aromatic carbocycles. The average Bonchev–Trinajstić information content (AvgIpc) is 2.37. The number of hydrogen-bond acceptors (Lipinski definition) is 3. The SMILES string of the molecule is CCC(C)c1nc(O)c(-c2cccc(Cl)c2)c(=O)[nH]1. The lowest BCUT2D eigenvalue weighted by Gasteiger charge is -2.10. The van der Waals surface area contributed by atoms with E-state index in [-0.39, 0.29) is 22.9 Å². The number of H-pyrrole nitrogens is 1. The summed E-state index contributed by atoms with van der Waals surface area (Å²) in [6.07, 6.45) is 0.832. The largest absolute Gasteiger partial charge is 0.493 e. The molecule has 2 aromatic rings. The molecule has 0 bridgehead atoms. The Balaban J connectivity index is 2.57. The summed E-state index contributed by atoms with van der Waals surface area (Å²) < 4.78 is 0. The van der Waals surface area contributed by atoms with Gasteiger partial charge in [-0.3, -0.25) is 4.79 Å². The van der Waals surface area contributed by atoms with Crippen LogP contribution in [0, 0.1) is 0 Å². The molecule has 2 rings (SSSR count). The van der Waals surface area contributed by atoms with Crippen LogP contribution >= 0.6 is 11.6 Å². The van der Waals surface area contributed by atoms with Crippen LogP contribution in [0.2, 0.25) is 5.02 Å². The van der Waals surface area contributed by atoms with E-state index in [0.717, 1.165) is 6.42 Å². The summed E-state index contributed by atoms with van der Waals surface area (Å²) >= 11 is 5.89. The number of aromatic hydroxyl groups is 1. The lowest BCUT2D eigenvalue weighted by Crippen LogP contribution is -2.15. The van der Waals surface area contributed by atoms with Crippen molar-refractivity contribution < 1.29 is 5.11 Å². The first-order valence-electron chi connectivity index (χ1n) is 6.12. The molecule has 0 radical (unpaired) electrons. The van der Waals surface area contributed by atoms with Crippen molar-refractivity contribution in [2.75, 3.05) is 0 Å². The topological polar surface area (TPSA) is 66.0 Å². The Hall–Kier alpha value is -1.81. The highest BCUT2D eigenvalue weighted by molar-refractivity contribution is 6.30. The molecule has 0 fully saturated rings. The molecular formula is C14H15ClN2O2.